The molecule has 0 unspecified atom stereocenters. The number of pyridine rings is 1. The number of rotatable bonds is 3. The molecule has 0 aliphatic carbocycles. The Bertz CT molecular complexity index is 1060. The molecule has 4 rings (SSSR count). The zero-order valence-corrected chi connectivity index (χ0v) is 16.1. The van der Waals surface area contributed by atoms with Crippen LogP contribution < -0.4 is 5.32 Å². The summed E-state index contributed by atoms with van der Waals surface area (Å²) in [7, 11) is -3.38. The number of sulfone groups is 1. The number of amides is 1. The third kappa shape index (κ3) is 5.01. The van der Waals surface area contributed by atoms with Gasteiger partial charge in [-0.15, -0.1) is 0 Å². The molecule has 2 N–H and O–H groups in total. The summed E-state index contributed by atoms with van der Waals surface area (Å²) < 4.78 is 22.6. The summed E-state index contributed by atoms with van der Waals surface area (Å²) >= 11 is 5.95. The summed E-state index contributed by atoms with van der Waals surface area (Å²) in [5.74, 6) is 0.204. The monoisotopic (exact) mass is 407 g/mol. The van der Waals surface area contributed by atoms with Crippen LogP contribution in [0, 0.1) is 0 Å². The molecular formula is C17H18ClN5O3S. The van der Waals surface area contributed by atoms with Crippen molar-refractivity contribution < 1.29 is 13.2 Å². The molecule has 0 aromatic carbocycles. The van der Waals surface area contributed by atoms with E-state index >= 15 is 0 Å². The summed E-state index contributed by atoms with van der Waals surface area (Å²) in [5, 5.41) is 4.00. The van der Waals surface area contributed by atoms with Gasteiger partial charge in [-0.05, 0) is 23.6 Å². The Hall–Kier alpha value is -2.52. The van der Waals surface area contributed by atoms with Gasteiger partial charge in [-0.25, -0.2) is 23.4 Å². The van der Waals surface area contributed by atoms with Crippen LogP contribution in [0.4, 0.5) is 0 Å². The van der Waals surface area contributed by atoms with E-state index in [1.807, 2.05) is 12.3 Å². The fourth-order valence-corrected chi connectivity index (χ4v) is 3.24. The molecule has 3 aromatic rings. The van der Waals surface area contributed by atoms with Crippen LogP contribution in [0.5, 0.6) is 0 Å². The lowest BCUT2D eigenvalue weighted by Gasteiger charge is -2.01. The van der Waals surface area contributed by atoms with Crippen LogP contribution in [0.1, 0.15) is 24.0 Å². The number of hydrogen-bond acceptors (Lipinski definition) is 6. The maximum absolute atomic E-state index is 11.3. The van der Waals surface area contributed by atoms with Gasteiger partial charge in [0.25, 0.3) is 0 Å². The lowest BCUT2D eigenvalue weighted by molar-refractivity contribution is -0.119. The number of nitrogens with one attached hydrogen (secondary N) is 2. The van der Waals surface area contributed by atoms with Gasteiger partial charge in [0.1, 0.15) is 5.65 Å². The van der Waals surface area contributed by atoms with Crippen molar-refractivity contribution in [2.45, 2.75) is 24.4 Å². The molecule has 4 heterocycles. The van der Waals surface area contributed by atoms with E-state index in [9.17, 15) is 13.2 Å². The third-order valence-electron chi connectivity index (χ3n) is 3.89. The lowest BCUT2D eigenvalue weighted by atomic mass is 10.1. The predicted octanol–water partition coefficient (Wildman–Crippen LogP) is 1.90. The molecule has 1 aliphatic heterocycles. The Labute approximate surface area is 161 Å². The summed E-state index contributed by atoms with van der Waals surface area (Å²) in [4.78, 5) is 25.1. The highest BCUT2D eigenvalue weighted by atomic mass is 35.5. The van der Waals surface area contributed by atoms with E-state index in [1.54, 1.807) is 6.20 Å². The summed E-state index contributed by atoms with van der Waals surface area (Å²) in [5.41, 5.74) is 2.56. The van der Waals surface area contributed by atoms with Crippen LogP contribution in [-0.2, 0) is 21.1 Å². The number of hydrogen-bond donors (Lipinski definition) is 2. The van der Waals surface area contributed by atoms with E-state index in [1.165, 1.54) is 12.4 Å². The molecule has 1 amide bonds. The minimum absolute atomic E-state index is 0.171. The van der Waals surface area contributed by atoms with Crippen LogP contribution in [0.25, 0.3) is 11.0 Å². The van der Waals surface area contributed by atoms with Crippen LogP contribution in [0.2, 0.25) is 5.02 Å². The molecule has 3 aromatic heterocycles. The van der Waals surface area contributed by atoms with Gasteiger partial charge in [-0.1, -0.05) is 11.6 Å². The summed E-state index contributed by atoms with van der Waals surface area (Å²) in [6.07, 6.45) is 9.85. The fourth-order valence-electron chi connectivity index (χ4n) is 2.59. The highest BCUT2D eigenvalue weighted by Crippen LogP contribution is 2.22. The third-order valence-corrected chi connectivity index (χ3v) is 4.97. The van der Waals surface area contributed by atoms with Gasteiger partial charge in [0, 0.05) is 55.8 Å². The zero-order valence-electron chi connectivity index (χ0n) is 14.6. The average molecular weight is 408 g/mol. The van der Waals surface area contributed by atoms with Crippen LogP contribution in [0.3, 0.4) is 0 Å². The van der Waals surface area contributed by atoms with E-state index in [4.69, 9.17) is 11.6 Å². The average Bonchev–Trinajstić information content (AvgIpc) is 3.25. The van der Waals surface area contributed by atoms with Crippen molar-refractivity contribution in [2.24, 2.45) is 0 Å². The maximum atomic E-state index is 11.3. The Morgan fingerprint density at radius 1 is 1.19 bits per heavy atom. The van der Waals surface area contributed by atoms with Crippen molar-refractivity contribution in [3.05, 3.63) is 47.0 Å². The normalized spacial score (nSPS) is 13.9. The van der Waals surface area contributed by atoms with Gasteiger partial charge in [0.15, 0.2) is 0 Å². The van der Waals surface area contributed by atoms with Gasteiger partial charge in [-0.2, -0.15) is 0 Å². The molecule has 0 bridgehead atoms. The second kappa shape index (κ2) is 8.01. The molecule has 10 heteroatoms. The summed E-state index contributed by atoms with van der Waals surface area (Å²) in [6.45, 7) is 0.888. The number of carbonyl (C=O) groups excluding carboxylic acids is 1. The number of fused-ring (bicyclic) bond motifs is 1. The predicted molar refractivity (Wildman–Crippen MR) is 101 cm³/mol. The van der Waals surface area contributed by atoms with E-state index < -0.39 is 9.84 Å². The number of aromatic nitrogens is 4. The molecule has 142 valence electrons. The summed E-state index contributed by atoms with van der Waals surface area (Å²) in [6, 6.07) is 1.83. The fraction of sp³-hybridized carbons (Fsp3) is 0.294. The molecule has 8 nitrogen and oxygen atoms in total. The smallest absolute Gasteiger partial charge is 0.246 e. The van der Waals surface area contributed by atoms with Gasteiger partial charge < -0.3 is 10.3 Å². The first-order chi connectivity index (χ1) is 12.8. The van der Waals surface area contributed by atoms with Gasteiger partial charge in [0.2, 0.25) is 20.9 Å². The molecule has 0 spiro atoms. The van der Waals surface area contributed by atoms with Crippen LogP contribution >= 0.6 is 11.6 Å². The minimum atomic E-state index is -3.38. The van der Waals surface area contributed by atoms with Crippen molar-refractivity contribution in [1.82, 2.24) is 25.3 Å². The first-order valence-corrected chi connectivity index (χ1v) is 10.5. The molecule has 0 radical (unpaired) electrons. The Morgan fingerprint density at radius 3 is 2.48 bits per heavy atom. The Balaban J connectivity index is 0.000000299. The largest absolute Gasteiger partial charge is 0.356 e. The second-order valence-corrected chi connectivity index (χ2v) is 8.49. The minimum Gasteiger partial charge on any atom is -0.356 e. The lowest BCUT2D eigenvalue weighted by Crippen LogP contribution is -2.12. The van der Waals surface area contributed by atoms with Crippen molar-refractivity contribution in [2.75, 3.05) is 12.8 Å². The first-order valence-electron chi connectivity index (χ1n) is 8.22. The number of H-pyrrole nitrogens is 1. The molecule has 0 atom stereocenters. The van der Waals surface area contributed by atoms with Crippen LogP contribution in [0.15, 0.2) is 36.0 Å². The molecule has 1 saturated heterocycles. The van der Waals surface area contributed by atoms with E-state index in [2.05, 4.69) is 25.3 Å². The van der Waals surface area contributed by atoms with Crippen molar-refractivity contribution in [3.63, 3.8) is 0 Å². The molecule has 27 heavy (non-hydrogen) atoms. The Morgan fingerprint density at radius 2 is 1.93 bits per heavy atom. The van der Waals surface area contributed by atoms with E-state index in [-0.39, 0.29) is 11.1 Å². The standard InChI is InChI=1S/C13H11ClN4O2S.C4H7NO/c1-21(19,20)13-17-4-8(5-18-13)2-9-6-15-12-11(9)3-10(14)7-16-12;6-4-2-1-3-5-4/h3-7H,2H2,1H3,(H,15,16);1-3H2,(H,5,6). The topological polar surface area (TPSA) is 118 Å². The van der Waals surface area contributed by atoms with Gasteiger partial charge in [0.05, 0.1) is 5.02 Å². The van der Waals surface area contributed by atoms with Gasteiger partial charge >= 0.3 is 0 Å². The van der Waals surface area contributed by atoms with E-state index in [0.717, 1.165) is 47.8 Å². The second-order valence-electron chi connectivity index (χ2n) is 6.14. The molecule has 1 aliphatic rings. The van der Waals surface area contributed by atoms with Crippen LogP contribution in [-0.4, -0.2) is 47.1 Å². The van der Waals surface area contributed by atoms with Gasteiger partial charge in [-0.3, -0.25) is 4.79 Å². The highest BCUT2D eigenvalue weighted by Gasteiger charge is 2.11. The van der Waals surface area contributed by atoms with E-state index in [0.29, 0.717) is 11.4 Å². The number of aromatic amines is 1. The quantitative estimate of drug-likeness (QED) is 0.640. The highest BCUT2D eigenvalue weighted by molar-refractivity contribution is 7.90. The molecule has 1 fully saturated rings. The zero-order chi connectivity index (χ0) is 19.4. The first kappa shape index (κ1) is 19.2. The van der Waals surface area contributed by atoms with Crippen molar-refractivity contribution >= 4 is 38.4 Å². The Kier molecular flexibility index (Phi) is 5.71. The maximum Gasteiger partial charge on any atom is 0.246 e. The molecule has 0 saturated carbocycles. The SMILES string of the molecule is CS(=O)(=O)c1ncc(Cc2c[nH]c3ncc(Cl)cc23)cn1.O=C1CCCN1. The molecular weight excluding hydrogens is 390 g/mol. The number of carbonyl (C=O) groups is 1. The number of nitrogens with zero attached hydrogens (tertiary/aromatic N) is 3. The van der Waals surface area contributed by atoms with Crippen molar-refractivity contribution in [3.8, 4) is 0 Å². The number of halogens is 1. The van der Waals surface area contributed by atoms with Crippen molar-refractivity contribution in [1.29, 1.82) is 0 Å².